The Hall–Kier alpha value is -1.35. The zero-order chi connectivity index (χ0) is 14.6. The van der Waals surface area contributed by atoms with Crippen LogP contribution < -0.4 is 5.32 Å². The van der Waals surface area contributed by atoms with E-state index in [0.717, 1.165) is 16.6 Å². The standard InChI is InChI=1S/C18H18BrNO/c1-10(11-5-3-2-4-6-11)20-17-14-12-7-8-13(9-12)15(14)18(21)16(17)19/h2-8,10,12-15,20H,9H2,1H3/t10-,12+,13-,14+,15-/m1/s1. The molecule has 108 valence electrons. The molecule has 1 aromatic rings. The van der Waals surface area contributed by atoms with Gasteiger partial charge in [-0.1, -0.05) is 42.5 Å². The maximum Gasteiger partial charge on any atom is 0.175 e. The second-order valence-electron chi connectivity index (χ2n) is 6.37. The lowest BCUT2D eigenvalue weighted by Gasteiger charge is -2.26. The molecular weight excluding hydrogens is 326 g/mol. The molecule has 3 aliphatic carbocycles. The number of ketones is 1. The number of rotatable bonds is 3. The molecule has 0 saturated heterocycles. The second kappa shape index (κ2) is 4.84. The smallest absolute Gasteiger partial charge is 0.175 e. The van der Waals surface area contributed by atoms with Crippen LogP contribution in [0, 0.1) is 23.7 Å². The van der Waals surface area contributed by atoms with Crippen LogP contribution in [-0.4, -0.2) is 5.78 Å². The zero-order valence-corrected chi connectivity index (χ0v) is 13.5. The number of Topliss-reactive ketones (excluding diaryl/α,β-unsaturated/α-hetero) is 1. The van der Waals surface area contributed by atoms with Crippen molar-refractivity contribution in [2.75, 3.05) is 0 Å². The van der Waals surface area contributed by atoms with Crippen molar-refractivity contribution < 1.29 is 4.79 Å². The van der Waals surface area contributed by atoms with E-state index in [1.54, 1.807) is 0 Å². The Balaban J connectivity index is 1.62. The van der Waals surface area contributed by atoms with Crippen molar-refractivity contribution in [2.45, 2.75) is 19.4 Å². The van der Waals surface area contributed by atoms with E-state index < -0.39 is 0 Å². The topological polar surface area (TPSA) is 29.1 Å². The molecule has 0 spiro atoms. The highest BCUT2D eigenvalue weighted by Gasteiger charge is 2.54. The minimum atomic E-state index is 0.167. The Labute approximate surface area is 133 Å². The van der Waals surface area contributed by atoms with Crippen LogP contribution in [0.15, 0.2) is 52.7 Å². The Morgan fingerprint density at radius 1 is 1.14 bits per heavy atom. The van der Waals surface area contributed by atoms with Crippen LogP contribution >= 0.6 is 15.9 Å². The molecule has 0 heterocycles. The average molecular weight is 344 g/mol. The summed E-state index contributed by atoms with van der Waals surface area (Å²) < 4.78 is 0.777. The van der Waals surface area contributed by atoms with Crippen molar-refractivity contribution >= 4 is 21.7 Å². The van der Waals surface area contributed by atoms with Crippen LogP contribution in [0.4, 0.5) is 0 Å². The molecule has 2 nitrogen and oxygen atoms in total. The third-order valence-electron chi connectivity index (χ3n) is 5.22. The SMILES string of the molecule is C[C@@H](NC1=C(Br)C(=O)[C@H]2[C@@H]1[C@H]1C=C[C@@H]2C1)c1ccccc1. The maximum absolute atomic E-state index is 12.5. The van der Waals surface area contributed by atoms with E-state index in [9.17, 15) is 4.79 Å². The van der Waals surface area contributed by atoms with Crippen LogP contribution in [0.1, 0.15) is 24.9 Å². The second-order valence-corrected chi connectivity index (χ2v) is 7.16. The van der Waals surface area contributed by atoms with Crippen molar-refractivity contribution in [2.24, 2.45) is 23.7 Å². The monoisotopic (exact) mass is 343 g/mol. The number of hydrogen-bond acceptors (Lipinski definition) is 2. The minimum Gasteiger partial charge on any atom is -0.381 e. The van der Waals surface area contributed by atoms with Crippen LogP contribution in [0.2, 0.25) is 0 Å². The summed E-state index contributed by atoms with van der Waals surface area (Å²) in [6, 6.07) is 10.6. The number of benzene rings is 1. The number of fused-ring (bicyclic) bond motifs is 5. The number of hydrogen-bond donors (Lipinski definition) is 1. The molecule has 2 bridgehead atoms. The van der Waals surface area contributed by atoms with Gasteiger partial charge in [-0.3, -0.25) is 4.79 Å². The van der Waals surface area contributed by atoms with Crippen molar-refractivity contribution in [3.05, 3.63) is 58.2 Å². The Bertz CT molecular complexity index is 648. The summed E-state index contributed by atoms with van der Waals surface area (Å²) >= 11 is 3.55. The van der Waals surface area contributed by atoms with Gasteiger partial charge in [0.1, 0.15) is 0 Å². The summed E-state index contributed by atoms with van der Waals surface area (Å²) in [4.78, 5) is 12.5. The maximum atomic E-state index is 12.5. The first kappa shape index (κ1) is 13.3. The van der Waals surface area contributed by atoms with Crippen molar-refractivity contribution in [3.63, 3.8) is 0 Å². The van der Waals surface area contributed by atoms with Gasteiger partial charge in [-0.2, -0.15) is 0 Å². The molecule has 1 N–H and O–H groups in total. The van der Waals surface area contributed by atoms with Crippen molar-refractivity contribution in [3.8, 4) is 0 Å². The molecule has 0 radical (unpaired) electrons. The Kier molecular flexibility index (Phi) is 3.07. The fraction of sp³-hybridized carbons (Fsp3) is 0.389. The molecule has 3 aliphatic rings. The normalized spacial score (nSPS) is 34.5. The highest BCUT2D eigenvalue weighted by atomic mass is 79.9. The molecule has 1 aromatic carbocycles. The molecule has 0 amide bonds. The molecule has 3 heteroatoms. The zero-order valence-electron chi connectivity index (χ0n) is 11.9. The van der Waals surface area contributed by atoms with Crippen molar-refractivity contribution in [1.82, 2.24) is 5.32 Å². The Morgan fingerprint density at radius 2 is 1.81 bits per heavy atom. The van der Waals surface area contributed by atoms with Gasteiger partial charge in [-0.15, -0.1) is 0 Å². The third-order valence-corrected chi connectivity index (χ3v) is 6.04. The van der Waals surface area contributed by atoms with Gasteiger partial charge in [0.2, 0.25) is 0 Å². The van der Waals surface area contributed by atoms with Gasteiger partial charge in [0.15, 0.2) is 5.78 Å². The van der Waals surface area contributed by atoms with Gasteiger partial charge in [-0.25, -0.2) is 0 Å². The van der Waals surface area contributed by atoms with Gasteiger partial charge in [-0.05, 0) is 46.7 Å². The quantitative estimate of drug-likeness (QED) is 0.841. The first-order valence-corrected chi connectivity index (χ1v) is 8.40. The van der Waals surface area contributed by atoms with E-state index in [-0.39, 0.29) is 12.0 Å². The van der Waals surface area contributed by atoms with Crippen LogP contribution in [0.5, 0.6) is 0 Å². The molecule has 0 aromatic heterocycles. The van der Waals surface area contributed by atoms with E-state index in [1.807, 2.05) is 6.07 Å². The first-order chi connectivity index (χ1) is 10.2. The van der Waals surface area contributed by atoms with Gasteiger partial charge < -0.3 is 5.32 Å². The third kappa shape index (κ3) is 1.94. The van der Waals surface area contributed by atoms with E-state index >= 15 is 0 Å². The highest BCUT2D eigenvalue weighted by Crippen LogP contribution is 2.56. The number of halogens is 1. The number of allylic oxidation sites excluding steroid dienone is 4. The van der Waals surface area contributed by atoms with E-state index in [0.29, 0.717) is 23.5 Å². The molecular formula is C18H18BrNO. The Morgan fingerprint density at radius 3 is 2.52 bits per heavy atom. The molecule has 1 saturated carbocycles. The number of carbonyl (C=O) groups excluding carboxylic acids is 1. The lowest BCUT2D eigenvalue weighted by Crippen LogP contribution is -2.27. The van der Waals surface area contributed by atoms with Crippen LogP contribution in [0.25, 0.3) is 0 Å². The van der Waals surface area contributed by atoms with Crippen LogP contribution in [0.3, 0.4) is 0 Å². The summed E-state index contributed by atoms with van der Waals surface area (Å²) in [6.45, 7) is 2.16. The summed E-state index contributed by atoms with van der Waals surface area (Å²) in [5.74, 6) is 1.79. The lowest BCUT2D eigenvalue weighted by molar-refractivity contribution is -0.119. The fourth-order valence-electron chi connectivity index (χ4n) is 4.22. The van der Waals surface area contributed by atoms with Crippen LogP contribution in [-0.2, 0) is 4.79 Å². The predicted octanol–water partition coefficient (Wildman–Crippen LogP) is 3.96. The fourth-order valence-corrected chi connectivity index (χ4v) is 4.86. The summed E-state index contributed by atoms with van der Waals surface area (Å²) in [5, 5.41) is 3.61. The van der Waals surface area contributed by atoms with Gasteiger partial charge in [0.25, 0.3) is 0 Å². The van der Waals surface area contributed by atoms with E-state index in [1.165, 1.54) is 5.56 Å². The minimum absolute atomic E-state index is 0.167. The molecule has 0 aliphatic heterocycles. The number of carbonyl (C=O) groups is 1. The summed E-state index contributed by atoms with van der Waals surface area (Å²) in [7, 11) is 0. The van der Waals surface area contributed by atoms with E-state index in [4.69, 9.17) is 0 Å². The molecule has 0 unspecified atom stereocenters. The predicted molar refractivity (Wildman–Crippen MR) is 86.7 cm³/mol. The highest BCUT2D eigenvalue weighted by molar-refractivity contribution is 9.12. The first-order valence-electron chi connectivity index (χ1n) is 7.60. The molecule has 21 heavy (non-hydrogen) atoms. The largest absolute Gasteiger partial charge is 0.381 e. The molecule has 4 rings (SSSR count). The van der Waals surface area contributed by atoms with Crippen molar-refractivity contribution in [1.29, 1.82) is 0 Å². The van der Waals surface area contributed by atoms with E-state index in [2.05, 4.69) is 64.6 Å². The summed E-state index contributed by atoms with van der Waals surface area (Å²) in [6.07, 6.45) is 5.69. The molecule has 1 fully saturated rings. The average Bonchev–Trinajstić information content (AvgIpc) is 3.18. The lowest BCUT2D eigenvalue weighted by atomic mass is 9.83. The summed E-state index contributed by atoms with van der Waals surface area (Å²) in [5.41, 5.74) is 2.37. The molecule has 5 atom stereocenters. The number of nitrogens with one attached hydrogen (secondary N) is 1. The van der Waals surface area contributed by atoms with Gasteiger partial charge in [0.05, 0.1) is 4.48 Å². The van der Waals surface area contributed by atoms with Gasteiger partial charge in [0, 0.05) is 23.6 Å². The van der Waals surface area contributed by atoms with Gasteiger partial charge >= 0.3 is 0 Å².